The summed E-state index contributed by atoms with van der Waals surface area (Å²) < 4.78 is 11.3. The number of nitrogens with one attached hydrogen (secondary N) is 2. The molecule has 1 aliphatic carbocycles. The summed E-state index contributed by atoms with van der Waals surface area (Å²) >= 11 is 0. The Morgan fingerprint density at radius 3 is 2.22 bits per heavy atom. The Bertz CT molecular complexity index is 1170. The Morgan fingerprint density at radius 2 is 1.61 bits per heavy atom. The fraction of sp³-hybridized carbons (Fsp3) is 0.407. The Labute approximate surface area is 210 Å². The molecule has 3 N–H and O–H groups in total. The van der Waals surface area contributed by atoms with Crippen LogP contribution in [-0.2, 0) is 4.79 Å². The predicted octanol–water partition coefficient (Wildman–Crippen LogP) is 5.99. The van der Waals surface area contributed by atoms with Crippen LogP contribution in [0.2, 0.25) is 0 Å². The Morgan fingerprint density at radius 1 is 0.972 bits per heavy atom. The molecule has 1 heterocycles. The number of hydrogen-bond acceptors (Lipinski definition) is 7. The summed E-state index contributed by atoms with van der Waals surface area (Å²) in [6.45, 7) is 5.95. The van der Waals surface area contributed by atoms with Crippen LogP contribution in [0.15, 0.2) is 52.9 Å². The van der Waals surface area contributed by atoms with Crippen LogP contribution in [0.25, 0.3) is 0 Å². The third-order valence-electron chi connectivity index (χ3n) is 6.10. The smallest absolute Gasteiger partial charge is 0.320 e. The molecule has 0 unspecified atom stereocenters. The molecule has 1 aliphatic rings. The first-order valence-electron chi connectivity index (χ1n) is 12.2. The molecule has 0 radical (unpaired) electrons. The zero-order chi connectivity index (χ0) is 25.7. The average molecular weight is 493 g/mol. The van der Waals surface area contributed by atoms with Crippen molar-refractivity contribution in [2.75, 3.05) is 10.6 Å². The van der Waals surface area contributed by atoms with Gasteiger partial charge < -0.3 is 24.9 Å². The Kier molecular flexibility index (Phi) is 7.57. The second kappa shape index (κ2) is 10.8. The van der Waals surface area contributed by atoms with Gasteiger partial charge >= 0.3 is 23.8 Å². The SMILES string of the molecule is CC(C)(C)Oc1ccc(Nc2nnc(C(=O)Nc3ccc([C@H]4CC[C@H](CC(=O)O)CC4)cc3)o2)cc1. The van der Waals surface area contributed by atoms with Crippen molar-refractivity contribution >= 4 is 29.3 Å². The highest BCUT2D eigenvalue weighted by molar-refractivity contribution is 6.00. The van der Waals surface area contributed by atoms with Crippen molar-refractivity contribution in [2.24, 2.45) is 5.92 Å². The number of carbonyl (C=O) groups is 2. The van der Waals surface area contributed by atoms with Crippen molar-refractivity contribution in [1.29, 1.82) is 0 Å². The summed E-state index contributed by atoms with van der Waals surface area (Å²) in [6.07, 6.45) is 4.07. The van der Waals surface area contributed by atoms with Crippen molar-refractivity contribution < 1.29 is 23.8 Å². The van der Waals surface area contributed by atoms with E-state index in [4.69, 9.17) is 14.3 Å². The van der Waals surface area contributed by atoms with E-state index in [1.54, 1.807) is 0 Å². The van der Waals surface area contributed by atoms with Crippen LogP contribution < -0.4 is 15.4 Å². The topological polar surface area (TPSA) is 127 Å². The van der Waals surface area contributed by atoms with Crippen molar-refractivity contribution in [3.63, 3.8) is 0 Å². The quantitative estimate of drug-likeness (QED) is 0.350. The summed E-state index contributed by atoms with van der Waals surface area (Å²) in [4.78, 5) is 23.5. The van der Waals surface area contributed by atoms with Gasteiger partial charge in [-0.1, -0.05) is 17.2 Å². The zero-order valence-electron chi connectivity index (χ0n) is 20.8. The first kappa shape index (κ1) is 25.2. The van der Waals surface area contributed by atoms with Crippen molar-refractivity contribution in [3.05, 3.63) is 60.0 Å². The van der Waals surface area contributed by atoms with Gasteiger partial charge in [0.15, 0.2) is 0 Å². The van der Waals surface area contributed by atoms with Crippen LogP contribution in [-0.4, -0.2) is 32.8 Å². The van der Waals surface area contributed by atoms with Crippen molar-refractivity contribution in [3.8, 4) is 5.75 Å². The molecule has 0 aliphatic heterocycles. The summed E-state index contributed by atoms with van der Waals surface area (Å²) in [5.41, 5.74) is 2.27. The number of carbonyl (C=O) groups excluding carboxylic acids is 1. The number of benzene rings is 2. The molecule has 0 saturated heterocycles. The molecule has 9 heteroatoms. The van der Waals surface area contributed by atoms with Gasteiger partial charge in [0.25, 0.3) is 0 Å². The van der Waals surface area contributed by atoms with Crippen LogP contribution in [0.1, 0.15) is 75.0 Å². The molecule has 3 aromatic rings. The molecule has 0 atom stereocenters. The van der Waals surface area contributed by atoms with E-state index >= 15 is 0 Å². The number of nitrogens with zero attached hydrogens (tertiary/aromatic N) is 2. The number of carboxylic acids is 1. The maximum absolute atomic E-state index is 12.6. The Balaban J connectivity index is 1.29. The zero-order valence-corrected chi connectivity index (χ0v) is 20.8. The van der Waals surface area contributed by atoms with Gasteiger partial charge in [0.05, 0.1) is 0 Å². The van der Waals surface area contributed by atoms with Gasteiger partial charge in [0.2, 0.25) is 0 Å². The number of carboxylic acid groups (broad SMARTS) is 1. The number of aromatic nitrogens is 2. The maximum Gasteiger partial charge on any atom is 0.320 e. The van der Waals surface area contributed by atoms with E-state index in [2.05, 4.69) is 20.8 Å². The highest BCUT2D eigenvalue weighted by Crippen LogP contribution is 2.37. The van der Waals surface area contributed by atoms with Crippen LogP contribution in [0, 0.1) is 5.92 Å². The van der Waals surface area contributed by atoms with Crippen molar-refractivity contribution in [1.82, 2.24) is 10.2 Å². The summed E-state index contributed by atoms with van der Waals surface area (Å²) in [7, 11) is 0. The molecule has 36 heavy (non-hydrogen) atoms. The summed E-state index contributed by atoms with van der Waals surface area (Å²) in [5.74, 6) is 0.0717. The minimum atomic E-state index is -0.719. The molecule has 9 nitrogen and oxygen atoms in total. The largest absolute Gasteiger partial charge is 0.488 e. The summed E-state index contributed by atoms with van der Waals surface area (Å²) in [5, 5.41) is 22.5. The third-order valence-corrected chi connectivity index (χ3v) is 6.10. The first-order valence-corrected chi connectivity index (χ1v) is 12.2. The molecule has 1 fully saturated rings. The lowest BCUT2D eigenvalue weighted by Gasteiger charge is -2.28. The molecule has 1 saturated carbocycles. The van der Waals surface area contributed by atoms with Gasteiger partial charge in [-0.3, -0.25) is 9.59 Å². The monoisotopic (exact) mass is 492 g/mol. The lowest BCUT2D eigenvalue weighted by Crippen LogP contribution is -2.22. The van der Waals surface area contributed by atoms with Gasteiger partial charge in [-0.2, -0.15) is 0 Å². The van der Waals surface area contributed by atoms with E-state index in [0.29, 0.717) is 11.6 Å². The van der Waals surface area contributed by atoms with E-state index in [9.17, 15) is 9.59 Å². The van der Waals surface area contributed by atoms with Crippen LogP contribution >= 0.6 is 0 Å². The number of rotatable bonds is 8. The number of anilines is 3. The van der Waals surface area contributed by atoms with Crippen LogP contribution in [0.4, 0.5) is 17.4 Å². The normalized spacial score (nSPS) is 17.9. The molecule has 1 aromatic heterocycles. The maximum atomic E-state index is 12.6. The fourth-order valence-electron chi connectivity index (χ4n) is 4.42. The van der Waals surface area contributed by atoms with E-state index in [1.807, 2.05) is 69.3 Å². The van der Waals surface area contributed by atoms with E-state index < -0.39 is 11.9 Å². The number of aliphatic carboxylic acids is 1. The van der Waals surface area contributed by atoms with E-state index in [0.717, 1.165) is 37.1 Å². The van der Waals surface area contributed by atoms with E-state index in [1.165, 1.54) is 5.56 Å². The molecular formula is C27H32N4O5. The molecule has 0 spiro atoms. The number of ether oxygens (including phenoxy) is 1. The van der Waals surface area contributed by atoms with E-state index in [-0.39, 0.29) is 29.8 Å². The highest BCUT2D eigenvalue weighted by atomic mass is 16.5. The Hall–Kier alpha value is -3.88. The molecule has 0 bridgehead atoms. The molecular weight excluding hydrogens is 460 g/mol. The lowest BCUT2D eigenvalue weighted by molar-refractivity contribution is -0.138. The molecule has 1 amide bonds. The van der Waals surface area contributed by atoms with Gasteiger partial charge in [0, 0.05) is 17.8 Å². The highest BCUT2D eigenvalue weighted by Gasteiger charge is 2.24. The lowest BCUT2D eigenvalue weighted by atomic mass is 9.77. The van der Waals surface area contributed by atoms with Crippen LogP contribution in [0.3, 0.4) is 0 Å². The van der Waals surface area contributed by atoms with Gasteiger partial charge in [-0.15, -0.1) is 5.10 Å². The number of hydrogen-bond donors (Lipinski definition) is 3. The van der Waals surface area contributed by atoms with Gasteiger partial charge in [-0.25, -0.2) is 0 Å². The average Bonchev–Trinajstić information content (AvgIpc) is 3.29. The summed E-state index contributed by atoms with van der Waals surface area (Å²) in [6, 6.07) is 15.2. The predicted molar refractivity (Wildman–Crippen MR) is 136 cm³/mol. The number of amides is 1. The molecule has 190 valence electrons. The standard InChI is InChI=1S/C27H32N4O5/c1-27(2,3)36-22-14-12-21(13-15-22)29-26-31-30-25(35-26)24(34)28-20-10-8-19(9-11-20)18-6-4-17(5-7-18)16-23(32)33/h8-15,17-18H,4-7,16H2,1-3H3,(H,28,34)(H,29,31)(H,32,33)/t17-,18-. The second-order valence-electron chi connectivity index (χ2n) is 10.2. The molecule has 4 rings (SSSR count). The molecule has 2 aromatic carbocycles. The minimum Gasteiger partial charge on any atom is -0.488 e. The van der Waals surface area contributed by atoms with Crippen molar-refractivity contribution in [2.45, 2.75) is 64.4 Å². The third kappa shape index (κ3) is 7.07. The first-order chi connectivity index (χ1) is 17.1. The van der Waals surface area contributed by atoms with Gasteiger partial charge in [-0.05, 0) is 100 Å². The second-order valence-corrected chi connectivity index (χ2v) is 10.2. The fourth-order valence-corrected chi connectivity index (χ4v) is 4.42. The minimum absolute atomic E-state index is 0.110. The van der Waals surface area contributed by atoms with Crippen LogP contribution in [0.5, 0.6) is 5.75 Å². The van der Waals surface area contributed by atoms with Gasteiger partial charge in [0.1, 0.15) is 11.4 Å².